The highest BCUT2D eigenvalue weighted by Crippen LogP contribution is 2.41. The normalized spacial score (nSPS) is 16.3. The van der Waals surface area contributed by atoms with Crippen LogP contribution in [0.25, 0.3) is 0 Å². The number of nitrogens with zero attached hydrogens (tertiary/aromatic N) is 2. The van der Waals surface area contributed by atoms with Gasteiger partial charge in [-0.2, -0.15) is 0 Å². The fourth-order valence-electron chi connectivity index (χ4n) is 4.40. The molecule has 0 spiro atoms. The topological polar surface area (TPSA) is 44.7 Å². The van der Waals surface area contributed by atoms with Gasteiger partial charge < -0.3 is 10.2 Å². The largest absolute Gasteiger partial charge is 0.352 e. The van der Waals surface area contributed by atoms with Gasteiger partial charge in [-0.15, -0.1) is 0 Å². The van der Waals surface area contributed by atoms with E-state index in [-0.39, 0.29) is 5.91 Å². The third kappa shape index (κ3) is 5.51. The number of fused-ring (bicyclic) bond motifs is 2. The maximum atomic E-state index is 12.7. The van der Waals surface area contributed by atoms with Crippen LogP contribution in [0, 0.1) is 0 Å². The lowest BCUT2D eigenvalue weighted by molar-refractivity contribution is 0.0950. The van der Waals surface area contributed by atoms with Gasteiger partial charge in [0.05, 0.1) is 5.69 Å². The zero-order valence-electron chi connectivity index (χ0n) is 18.3. The fourth-order valence-corrected chi connectivity index (χ4v) is 5.61. The van der Waals surface area contributed by atoms with Crippen LogP contribution in [0.4, 0.5) is 5.69 Å². The predicted molar refractivity (Wildman–Crippen MR) is 130 cm³/mol. The Balaban J connectivity index is 1.36. The molecule has 1 N–H and O–H groups in total. The first-order chi connectivity index (χ1) is 15.0. The number of carbonyl (C=O) groups excluding carboxylic acids is 1. The van der Waals surface area contributed by atoms with Gasteiger partial charge in [0.25, 0.3) is 5.91 Å². The molecule has 1 aliphatic carbocycles. The summed E-state index contributed by atoms with van der Waals surface area (Å²) in [5.74, 6) is -0.0363. The summed E-state index contributed by atoms with van der Waals surface area (Å²) >= 11 is 7.84. The molecule has 1 aliphatic heterocycles. The molecule has 164 valence electrons. The van der Waals surface area contributed by atoms with E-state index in [1.165, 1.54) is 32.1 Å². The highest BCUT2D eigenvalue weighted by atomic mass is 35.5. The zero-order valence-corrected chi connectivity index (χ0v) is 19.9. The highest BCUT2D eigenvalue weighted by molar-refractivity contribution is 7.99. The van der Waals surface area contributed by atoms with E-state index in [0.29, 0.717) is 23.2 Å². The molecule has 31 heavy (non-hydrogen) atoms. The van der Waals surface area contributed by atoms with Crippen molar-refractivity contribution in [1.29, 1.82) is 0 Å². The fraction of sp³-hybridized carbons (Fsp3) is 0.440. The van der Waals surface area contributed by atoms with E-state index >= 15 is 0 Å². The molecule has 1 heterocycles. The van der Waals surface area contributed by atoms with Crippen LogP contribution in [0.3, 0.4) is 0 Å². The van der Waals surface area contributed by atoms with Crippen LogP contribution in [-0.4, -0.2) is 42.7 Å². The molecule has 4 rings (SSSR count). The SMILES string of the molecule is CC1=Nc2cc(C(=O)NCCCN(C)C3CCCCC3)ccc2Sc2ccc(Cl)cc21. The van der Waals surface area contributed by atoms with Crippen molar-refractivity contribution >= 4 is 40.7 Å². The molecule has 0 aromatic heterocycles. The van der Waals surface area contributed by atoms with Crippen molar-refractivity contribution in [3.05, 3.63) is 52.5 Å². The number of aliphatic imine (C=N–C) groups is 1. The number of halogens is 1. The quantitative estimate of drug-likeness (QED) is 0.517. The van der Waals surface area contributed by atoms with E-state index in [9.17, 15) is 4.79 Å². The zero-order chi connectivity index (χ0) is 21.8. The summed E-state index contributed by atoms with van der Waals surface area (Å²) < 4.78 is 0. The summed E-state index contributed by atoms with van der Waals surface area (Å²) in [5, 5.41) is 3.78. The van der Waals surface area contributed by atoms with Crippen LogP contribution < -0.4 is 5.32 Å². The lowest BCUT2D eigenvalue weighted by Gasteiger charge is -2.31. The van der Waals surface area contributed by atoms with Crippen molar-refractivity contribution in [3.63, 3.8) is 0 Å². The summed E-state index contributed by atoms with van der Waals surface area (Å²) in [6.45, 7) is 3.70. The maximum Gasteiger partial charge on any atom is 0.251 e. The molecule has 2 aromatic rings. The average Bonchev–Trinajstić information content (AvgIpc) is 2.92. The first kappa shape index (κ1) is 22.4. The third-order valence-electron chi connectivity index (χ3n) is 6.23. The smallest absolute Gasteiger partial charge is 0.251 e. The number of hydrogen-bond donors (Lipinski definition) is 1. The lowest BCUT2D eigenvalue weighted by Crippen LogP contribution is -2.35. The average molecular weight is 456 g/mol. The van der Waals surface area contributed by atoms with Crippen LogP contribution in [0.1, 0.15) is 61.4 Å². The number of benzene rings is 2. The molecule has 1 amide bonds. The molecule has 1 fully saturated rings. The molecule has 0 saturated heterocycles. The second-order valence-corrected chi connectivity index (χ2v) is 10.0. The van der Waals surface area contributed by atoms with Crippen LogP contribution >= 0.6 is 23.4 Å². The number of hydrogen-bond acceptors (Lipinski definition) is 4. The Hall–Kier alpha value is -1.82. The van der Waals surface area contributed by atoms with E-state index in [2.05, 4.69) is 17.3 Å². The molecular weight excluding hydrogens is 426 g/mol. The Morgan fingerprint density at radius 1 is 1.16 bits per heavy atom. The standard InChI is InChI=1S/C25H30ClN3OS/c1-17-21-16-19(26)10-12-23(21)31-24-11-9-18(15-22(24)28-17)25(30)27-13-6-14-29(2)20-7-4-3-5-8-20/h9-12,15-16,20H,3-8,13-14H2,1-2H3,(H,27,30). The van der Waals surface area contributed by atoms with Gasteiger partial charge in [0.2, 0.25) is 0 Å². The van der Waals surface area contributed by atoms with Crippen LogP contribution in [0.2, 0.25) is 5.02 Å². The Morgan fingerprint density at radius 2 is 1.94 bits per heavy atom. The van der Waals surface area contributed by atoms with Gasteiger partial charge in [0.1, 0.15) is 0 Å². The second-order valence-electron chi connectivity index (χ2n) is 8.50. The minimum atomic E-state index is -0.0363. The molecule has 0 atom stereocenters. The van der Waals surface area contributed by atoms with Crippen molar-refractivity contribution in [2.45, 2.75) is 61.3 Å². The van der Waals surface area contributed by atoms with Crippen molar-refractivity contribution in [1.82, 2.24) is 10.2 Å². The van der Waals surface area contributed by atoms with Gasteiger partial charge in [-0.3, -0.25) is 9.79 Å². The van der Waals surface area contributed by atoms with Gasteiger partial charge in [0, 0.05) is 44.2 Å². The van der Waals surface area contributed by atoms with Gasteiger partial charge in [-0.05, 0) is 76.2 Å². The van der Waals surface area contributed by atoms with Gasteiger partial charge in [-0.1, -0.05) is 42.6 Å². The molecule has 0 bridgehead atoms. The first-order valence-corrected chi connectivity index (χ1v) is 12.4. The van der Waals surface area contributed by atoms with E-state index in [1.54, 1.807) is 11.8 Å². The van der Waals surface area contributed by atoms with Crippen molar-refractivity contribution in [2.75, 3.05) is 20.1 Å². The summed E-state index contributed by atoms with van der Waals surface area (Å²) in [5.41, 5.74) is 3.44. The van der Waals surface area contributed by atoms with Crippen LogP contribution in [0.15, 0.2) is 51.2 Å². The minimum Gasteiger partial charge on any atom is -0.352 e. The van der Waals surface area contributed by atoms with Crippen LogP contribution in [-0.2, 0) is 0 Å². The summed E-state index contributed by atoms with van der Waals surface area (Å²) in [4.78, 5) is 22.1. The highest BCUT2D eigenvalue weighted by Gasteiger charge is 2.19. The number of amides is 1. The van der Waals surface area contributed by atoms with Gasteiger partial charge in [0.15, 0.2) is 0 Å². The lowest BCUT2D eigenvalue weighted by atomic mass is 9.94. The minimum absolute atomic E-state index is 0.0363. The van der Waals surface area contributed by atoms with E-state index in [0.717, 1.165) is 39.7 Å². The number of nitrogens with one attached hydrogen (secondary N) is 1. The Bertz CT molecular complexity index is 985. The van der Waals surface area contributed by atoms with Crippen molar-refractivity contribution < 1.29 is 4.79 Å². The molecule has 2 aliphatic rings. The Morgan fingerprint density at radius 3 is 2.74 bits per heavy atom. The first-order valence-electron chi connectivity index (χ1n) is 11.2. The number of carbonyl (C=O) groups is 1. The summed E-state index contributed by atoms with van der Waals surface area (Å²) in [7, 11) is 2.22. The summed E-state index contributed by atoms with van der Waals surface area (Å²) in [6, 6.07) is 12.4. The van der Waals surface area contributed by atoms with E-state index in [4.69, 9.17) is 16.6 Å². The molecular formula is C25H30ClN3OS. The second kappa shape index (κ2) is 10.2. The van der Waals surface area contributed by atoms with E-state index in [1.807, 2.05) is 43.3 Å². The molecule has 2 aromatic carbocycles. The van der Waals surface area contributed by atoms with Gasteiger partial charge in [-0.25, -0.2) is 0 Å². The van der Waals surface area contributed by atoms with Crippen molar-refractivity contribution in [3.8, 4) is 0 Å². The molecule has 0 radical (unpaired) electrons. The van der Waals surface area contributed by atoms with Gasteiger partial charge >= 0.3 is 0 Å². The Labute approximate surface area is 194 Å². The predicted octanol–water partition coefficient (Wildman–Crippen LogP) is 6.33. The number of rotatable bonds is 6. The monoisotopic (exact) mass is 455 g/mol. The van der Waals surface area contributed by atoms with Crippen molar-refractivity contribution in [2.24, 2.45) is 4.99 Å². The Kier molecular flexibility index (Phi) is 7.36. The maximum absolute atomic E-state index is 12.7. The van der Waals surface area contributed by atoms with E-state index < -0.39 is 0 Å². The molecule has 0 unspecified atom stereocenters. The van der Waals surface area contributed by atoms with Crippen LogP contribution in [0.5, 0.6) is 0 Å². The molecule has 1 saturated carbocycles. The molecule has 4 nitrogen and oxygen atoms in total. The third-order valence-corrected chi connectivity index (χ3v) is 7.61. The molecule has 6 heteroatoms. The summed E-state index contributed by atoms with van der Waals surface area (Å²) in [6.07, 6.45) is 7.67.